The van der Waals surface area contributed by atoms with E-state index in [1.54, 1.807) is 76.1 Å². The summed E-state index contributed by atoms with van der Waals surface area (Å²) in [7, 11) is 1.80. The van der Waals surface area contributed by atoms with E-state index in [0.29, 0.717) is 5.56 Å². The standard InChI is InChI=1S/C25H37N5O4/c1-23(2,3)29-21(32)25(7,17-12-10-9-11-13-17)28-20(31)19(14-18-15-26-16-30(18)8)27-22(33)34-24(4,5)6/h9-13,15-16,19H,14H2,1-8H3,(H,27,33)(H,28,31)(H,29,32)/t19-,25+/m0/s1. The third-order valence-corrected chi connectivity index (χ3v) is 5.00. The molecule has 1 aromatic heterocycles. The summed E-state index contributed by atoms with van der Waals surface area (Å²) in [5.74, 6) is -0.890. The van der Waals surface area contributed by atoms with Gasteiger partial charge in [-0.1, -0.05) is 30.3 Å². The number of amides is 3. The maximum Gasteiger partial charge on any atom is 0.408 e. The number of nitrogens with one attached hydrogen (secondary N) is 3. The van der Waals surface area contributed by atoms with Crippen molar-refractivity contribution in [1.82, 2.24) is 25.5 Å². The van der Waals surface area contributed by atoms with E-state index in [2.05, 4.69) is 20.9 Å². The minimum Gasteiger partial charge on any atom is -0.444 e. The van der Waals surface area contributed by atoms with Crippen LogP contribution in [0.25, 0.3) is 0 Å². The lowest BCUT2D eigenvalue weighted by Crippen LogP contribution is -2.61. The van der Waals surface area contributed by atoms with E-state index in [4.69, 9.17) is 4.74 Å². The molecule has 0 radical (unpaired) electrons. The van der Waals surface area contributed by atoms with Gasteiger partial charge in [0, 0.05) is 30.9 Å². The zero-order valence-electron chi connectivity index (χ0n) is 21.4. The smallest absolute Gasteiger partial charge is 0.408 e. The quantitative estimate of drug-likeness (QED) is 0.575. The van der Waals surface area contributed by atoms with Gasteiger partial charge < -0.3 is 25.3 Å². The summed E-state index contributed by atoms with van der Waals surface area (Å²) in [4.78, 5) is 43.5. The molecule has 0 fully saturated rings. The molecule has 0 unspecified atom stereocenters. The maximum atomic E-state index is 13.5. The molecule has 3 amide bonds. The van der Waals surface area contributed by atoms with Gasteiger partial charge in [0.05, 0.1) is 6.33 Å². The van der Waals surface area contributed by atoms with Crippen molar-refractivity contribution < 1.29 is 19.1 Å². The third kappa shape index (κ3) is 7.60. The summed E-state index contributed by atoms with van der Waals surface area (Å²) in [6.45, 7) is 12.5. The molecular weight excluding hydrogens is 434 g/mol. The molecule has 1 heterocycles. The lowest BCUT2D eigenvalue weighted by atomic mass is 9.89. The van der Waals surface area contributed by atoms with Crippen LogP contribution in [-0.2, 0) is 33.3 Å². The molecule has 0 spiro atoms. The fourth-order valence-corrected chi connectivity index (χ4v) is 3.28. The Morgan fingerprint density at radius 3 is 2.12 bits per heavy atom. The van der Waals surface area contributed by atoms with Crippen LogP contribution >= 0.6 is 0 Å². The summed E-state index contributed by atoms with van der Waals surface area (Å²) in [5.41, 5.74) is -1.28. The molecule has 2 atom stereocenters. The zero-order chi connectivity index (χ0) is 25.7. The Morgan fingerprint density at radius 1 is 1.00 bits per heavy atom. The molecule has 34 heavy (non-hydrogen) atoms. The highest BCUT2D eigenvalue weighted by atomic mass is 16.6. The molecule has 0 bridgehead atoms. The van der Waals surface area contributed by atoms with Gasteiger partial charge in [0.25, 0.3) is 5.91 Å². The van der Waals surface area contributed by atoms with Crippen LogP contribution < -0.4 is 16.0 Å². The van der Waals surface area contributed by atoms with Crippen molar-refractivity contribution in [2.75, 3.05) is 0 Å². The first kappa shape index (κ1) is 26.9. The molecule has 3 N–H and O–H groups in total. The van der Waals surface area contributed by atoms with E-state index in [-0.39, 0.29) is 12.3 Å². The molecule has 1 aromatic carbocycles. The van der Waals surface area contributed by atoms with E-state index in [9.17, 15) is 14.4 Å². The number of aromatic nitrogens is 2. The number of benzene rings is 1. The van der Waals surface area contributed by atoms with Gasteiger partial charge in [-0.25, -0.2) is 9.78 Å². The highest BCUT2D eigenvalue weighted by molar-refractivity contribution is 5.95. The van der Waals surface area contributed by atoms with Gasteiger partial charge in [-0.15, -0.1) is 0 Å². The Morgan fingerprint density at radius 2 is 1.62 bits per heavy atom. The van der Waals surface area contributed by atoms with Gasteiger partial charge >= 0.3 is 6.09 Å². The number of carbonyl (C=O) groups is 3. The minimum absolute atomic E-state index is 0.160. The van der Waals surface area contributed by atoms with E-state index in [0.717, 1.165) is 5.69 Å². The average molecular weight is 472 g/mol. The van der Waals surface area contributed by atoms with Crippen LogP contribution in [0.2, 0.25) is 0 Å². The van der Waals surface area contributed by atoms with Crippen LogP contribution in [0.4, 0.5) is 4.79 Å². The van der Waals surface area contributed by atoms with Crippen molar-refractivity contribution >= 4 is 17.9 Å². The van der Waals surface area contributed by atoms with Crippen LogP contribution in [-0.4, -0.2) is 44.6 Å². The number of alkyl carbamates (subject to hydrolysis) is 1. The number of aryl methyl sites for hydroxylation is 1. The van der Waals surface area contributed by atoms with E-state index < -0.39 is 34.7 Å². The largest absolute Gasteiger partial charge is 0.444 e. The molecule has 9 nitrogen and oxygen atoms in total. The monoisotopic (exact) mass is 471 g/mol. The minimum atomic E-state index is -1.38. The van der Waals surface area contributed by atoms with Gasteiger partial charge in [-0.3, -0.25) is 9.59 Å². The molecule has 186 valence electrons. The van der Waals surface area contributed by atoms with Gasteiger partial charge in [-0.05, 0) is 54.0 Å². The zero-order valence-corrected chi connectivity index (χ0v) is 21.4. The summed E-state index contributed by atoms with van der Waals surface area (Å²) >= 11 is 0. The number of rotatable bonds is 7. The third-order valence-electron chi connectivity index (χ3n) is 5.00. The summed E-state index contributed by atoms with van der Waals surface area (Å²) in [5, 5.41) is 8.48. The van der Waals surface area contributed by atoms with Crippen molar-refractivity contribution in [1.29, 1.82) is 0 Å². The van der Waals surface area contributed by atoms with E-state index in [1.807, 2.05) is 26.8 Å². The number of imidazole rings is 1. The molecule has 9 heteroatoms. The lowest BCUT2D eigenvalue weighted by molar-refractivity contribution is -0.135. The number of hydrogen-bond donors (Lipinski definition) is 3. The second kappa shape index (κ2) is 10.3. The Bertz CT molecular complexity index is 1000. The van der Waals surface area contributed by atoms with Crippen molar-refractivity contribution in [3.8, 4) is 0 Å². The predicted octanol–water partition coefficient (Wildman–Crippen LogP) is 2.80. The first-order chi connectivity index (χ1) is 15.6. The van der Waals surface area contributed by atoms with Crippen molar-refractivity contribution in [2.45, 2.75) is 77.6 Å². The topological polar surface area (TPSA) is 114 Å². The van der Waals surface area contributed by atoms with E-state index >= 15 is 0 Å². The Hall–Kier alpha value is -3.36. The SMILES string of the molecule is Cn1cncc1C[C@H](NC(=O)OC(C)(C)C)C(=O)N[C@@](C)(C(=O)NC(C)(C)C)c1ccccc1. The second-order valence-electron chi connectivity index (χ2n) is 10.6. The summed E-state index contributed by atoms with van der Waals surface area (Å²) < 4.78 is 7.13. The summed E-state index contributed by atoms with van der Waals surface area (Å²) in [6, 6.07) is 7.99. The van der Waals surface area contributed by atoms with Crippen molar-refractivity contribution in [3.63, 3.8) is 0 Å². The van der Waals surface area contributed by atoms with Crippen LogP contribution in [0, 0.1) is 0 Å². The highest BCUT2D eigenvalue weighted by Crippen LogP contribution is 2.23. The van der Waals surface area contributed by atoms with Crippen LogP contribution in [0.3, 0.4) is 0 Å². The molecule has 0 aliphatic carbocycles. The number of nitrogens with zero attached hydrogens (tertiary/aromatic N) is 2. The Labute approximate surface area is 201 Å². The predicted molar refractivity (Wildman–Crippen MR) is 130 cm³/mol. The van der Waals surface area contributed by atoms with Gasteiger partial charge in [0.15, 0.2) is 0 Å². The Balaban J connectivity index is 2.38. The first-order valence-electron chi connectivity index (χ1n) is 11.3. The van der Waals surface area contributed by atoms with Gasteiger partial charge in [0.1, 0.15) is 17.2 Å². The second-order valence-corrected chi connectivity index (χ2v) is 10.6. The fourth-order valence-electron chi connectivity index (χ4n) is 3.28. The van der Waals surface area contributed by atoms with Crippen molar-refractivity contribution in [2.24, 2.45) is 7.05 Å². The van der Waals surface area contributed by atoms with Gasteiger partial charge in [0.2, 0.25) is 5.91 Å². The molecule has 0 aliphatic rings. The summed E-state index contributed by atoms with van der Waals surface area (Å²) in [6.07, 6.45) is 2.67. The molecule has 2 aromatic rings. The van der Waals surface area contributed by atoms with Gasteiger partial charge in [-0.2, -0.15) is 0 Å². The molecule has 0 saturated heterocycles. The van der Waals surface area contributed by atoms with Crippen molar-refractivity contribution in [3.05, 3.63) is 54.1 Å². The molecule has 2 rings (SSSR count). The molecule has 0 saturated carbocycles. The normalized spacial score (nSPS) is 14.5. The van der Waals surface area contributed by atoms with Crippen LogP contribution in [0.15, 0.2) is 42.9 Å². The molecular formula is C25H37N5O4. The highest BCUT2D eigenvalue weighted by Gasteiger charge is 2.40. The number of hydrogen-bond acceptors (Lipinski definition) is 5. The first-order valence-corrected chi connectivity index (χ1v) is 11.3. The average Bonchev–Trinajstić information content (AvgIpc) is 3.09. The lowest BCUT2D eigenvalue weighted by Gasteiger charge is -2.35. The van der Waals surface area contributed by atoms with Crippen LogP contribution in [0.5, 0.6) is 0 Å². The fraction of sp³-hybridized carbons (Fsp3) is 0.520. The molecule has 0 aliphatic heterocycles. The maximum absolute atomic E-state index is 13.5. The Kier molecular flexibility index (Phi) is 8.13. The number of ether oxygens (including phenoxy) is 1. The van der Waals surface area contributed by atoms with E-state index in [1.165, 1.54) is 0 Å². The number of carbonyl (C=O) groups excluding carboxylic acids is 3. The van der Waals surface area contributed by atoms with Crippen LogP contribution in [0.1, 0.15) is 59.7 Å².